The van der Waals surface area contributed by atoms with Crippen molar-refractivity contribution in [3.8, 4) is 0 Å². The zero-order valence-corrected chi connectivity index (χ0v) is 12.2. The van der Waals surface area contributed by atoms with Crippen LogP contribution in [0.15, 0.2) is 29.2 Å². The summed E-state index contributed by atoms with van der Waals surface area (Å²) in [5, 5.41) is 0.769. The highest BCUT2D eigenvalue weighted by Gasteiger charge is 2.30. The first-order valence-electron chi connectivity index (χ1n) is 7.24. The van der Waals surface area contributed by atoms with Crippen LogP contribution in [-0.2, 0) is 6.42 Å². The summed E-state index contributed by atoms with van der Waals surface area (Å²) in [4.78, 5) is 4.26. The summed E-state index contributed by atoms with van der Waals surface area (Å²) < 4.78 is 0. The second-order valence-electron chi connectivity index (χ2n) is 5.88. The smallest absolute Gasteiger partial charge is 0.0263 e. The van der Waals surface area contributed by atoms with Gasteiger partial charge in [0.25, 0.3) is 0 Å². The lowest BCUT2D eigenvalue weighted by atomic mass is 9.97. The van der Waals surface area contributed by atoms with Crippen molar-refractivity contribution >= 4 is 11.8 Å². The van der Waals surface area contributed by atoms with Crippen molar-refractivity contribution in [1.82, 2.24) is 4.90 Å². The number of likely N-dealkylation sites (tertiary alicyclic amines) is 1. The SMILES string of the molecule is CC1CCCC(C)N1CC1Cc2ccccc2S1. The van der Waals surface area contributed by atoms with Gasteiger partial charge >= 0.3 is 0 Å². The fourth-order valence-electron chi connectivity index (χ4n) is 3.43. The van der Waals surface area contributed by atoms with Gasteiger partial charge in [-0.15, -0.1) is 11.8 Å². The van der Waals surface area contributed by atoms with Gasteiger partial charge in [0.05, 0.1) is 0 Å². The molecule has 0 radical (unpaired) electrons. The molecule has 0 bridgehead atoms. The molecule has 3 unspecified atom stereocenters. The van der Waals surface area contributed by atoms with Crippen molar-refractivity contribution in [1.29, 1.82) is 0 Å². The number of benzene rings is 1. The number of piperidine rings is 1. The molecule has 0 spiro atoms. The lowest BCUT2D eigenvalue weighted by molar-refractivity contribution is 0.104. The van der Waals surface area contributed by atoms with Crippen molar-refractivity contribution in [3.63, 3.8) is 0 Å². The quantitative estimate of drug-likeness (QED) is 0.792. The number of hydrogen-bond acceptors (Lipinski definition) is 2. The van der Waals surface area contributed by atoms with Crippen molar-refractivity contribution in [2.24, 2.45) is 0 Å². The Morgan fingerprint density at radius 3 is 2.61 bits per heavy atom. The van der Waals surface area contributed by atoms with Gasteiger partial charge in [-0.05, 0) is 44.7 Å². The molecule has 1 fully saturated rings. The summed E-state index contributed by atoms with van der Waals surface area (Å²) in [7, 11) is 0. The number of thioether (sulfide) groups is 1. The number of hydrogen-bond donors (Lipinski definition) is 0. The molecule has 1 nitrogen and oxygen atoms in total. The average Bonchev–Trinajstić information content (AvgIpc) is 2.76. The lowest BCUT2D eigenvalue weighted by Gasteiger charge is -2.40. The minimum Gasteiger partial charge on any atom is -0.297 e. The molecular weight excluding hydrogens is 238 g/mol. The van der Waals surface area contributed by atoms with Crippen LogP contribution in [0.25, 0.3) is 0 Å². The Morgan fingerprint density at radius 1 is 1.17 bits per heavy atom. The van der Waals surface area contributed by atoms with E-state index < -0.39 is 0 Å². The molecule has 3 rings (SSSR count). The van der Waals surface area contributed by atoms with Gasteiger partial charge in [0.1, 0.15) is 0 Å². The van der Waals surface area contributed by atoms with Crippen LogP contribution in [0.5, 0.6) is 0 Å². The van der Waals surface area contributed by atoms with Crippen LogP contribution < -0.4 is 0 Å². The van der Waals surface area contributed by atoms with Gasteiger partial charge in [0.15, 0.2) is 0 Å². The highest BCUT2D eigenvalue weighted by molar-refractivity contribution is 8.00. The van der Waals surface area contributed by atoms with E-state index in [1.165, 1.54) is 37.1 Å². The topological polar surface area (TPSA) is 3.24 Å². The van der Waals surface area contributed by atoms with Crippen LogP contribution in [-0.4, -0.2) is 28.8 Å². The molecule has 98 valence electrons. The lowest BCUT2D eigenvalue weighted by Crippen LogP contribution is -2.46. The average molecular weight is 261 g/mol. The summed E-state index contributed by atoms with van der Waals surface area (Å²) in [6, 6.07) is 10.5. The van der Waals surface area contributed by atoms with Gasteiger partial charge in [-0.2, -0.15) is 0 Å². The predicted molar refractivity (Wildman–Crippen MR) is 79.3 cm³/mol. The second-order valence-corrected chi connectivity index (χ2v) is 7.22. The summed E-state index contributed by atoms with van der Waals surface area (Å²) in [5.41, 5.74) is 1.56. The van der Waals surface area contributed by atoms with Gasteiger partial charge in [0, 0.05) is 28.8 Å². The molecule has 2 aliphatic rings. The van der Waals surface area contributed by atoms with E-state index in [1.54, 1.807) is 5.56 Å². The zero-order chi connectivity index (χ0) is 12.5. The van der Waals surface area contributed by atoms with E-state index in [-0.39, 0.29) is 0 Å². The molecule has 3 atom stereocenters. The fourth-order valence-corrected chi connectivity index (χ4v) is 4.75. The highest BCUT2D eigenvalue weighted by Crippen LogP contribution is 2.38. The fraction of sp³-hybridized carbons (Fsp3) is 0.625. The van der Waals surface area contributed by atoms with Gasteiger partial charge in [-0.3, -0.25) is 4.90 Å². The second kappa shape index (κ2) is 5.26. The summed E-state index contributed by atoms with van der Waals surface area (Å²) in [6.07, 6.45) is 5.44. The van der Waals surface area contributed by atoms with E-state index >= 15 is 0 Å². The van der Waals surface area contributed by atoms with E-state index in [4.69, 9.17) is 0 Å². The summed E-state index contributed by atoms with van der Waals surface area (Å²) in [5.74, 6) is 0. The first-order chi connectivity index (χ1) is 8.74. The van der Waals surface area contributed by atoms with E-state index in [2.05, 4.69) is 54.8 Å². The van der Waals surface area contributed by atoms with Gasteiger partial charge in [-0.1, -0.05) is 24.6 Å². The maximum atomic E-state index is 2.74. The van der Waals surface area contributed by atoms with E-state index in [0.717, 1.165) is 17.3 Å². The minimum atomic E-state index is 0.769. The standard InChI is InChI=1S/C16H23NS/c1-12-6-5-7-13(2)17(12)11-15-10-14-8-3-4-9-16(14)18-15/h3-4,8-9,12-13,15H,5-7,10-11H2,1-2H3. The van der Waals surface area contributed by atoms with Gasteiger partial charge in [0.2, 0.25) is 0 Å². The normalized spacial score (nSPS) is 32.4. The van der Waals surface area contributed by atoms with Crippen LogP contribution in [0.2, 0.25) is 0 Å². The minimum absolute atomic E-state index is 0.769. The first kappa shape index (κ1) is 12.6. The van der Waals surface area contributed by atoms with E-state index in [0.29, 0.717) is 0 Å². The molecule has 0 saturated carbocycles. The molecule has 1 aromatic rings. The highest BCUT2D eigenvalue weighted by atomic mass is 32.2. The zero-order valence-electron chi connectivity index (χ0n) is 11.4. The van der Waals surface area contributed by atoms with Crippen LogP contribution >= 0.6 is 11.8 Å². The van der Waals surface area contributed by atoms with E-state index in [9.17, 15) is 0 Å². The molecule has 0 N–H and O–H groups in total. The number of fused-ring (bicyclic) bond motifs is 1. The third kappa shape index (κ3) is 2.46. The third-order valence-corrected chi connectivity index (χ3v) is 5.81. The molecule has 0 aromatic heterocycles. The Kier molecular flexibility index (Phi) is 3.67. The predicted octanol–water partition coefficient (Wildman–Crippen LogP) is 3.97. The Hall–Kier alpha value is -0.470. The van der Waals surface area contributed by atoms with E-state index in [1.807, 2.05) is 0 Å². The molecule has 0 amide bonds. The molecule has 1 saturated heterocycles. The maximum absolute atomic E-state index is 2.74. The van der Waals surface area contributed by atoms with Gasteiger partial charge in [-0.25, -0.2) is 0 Å². The maximum Gasteiger partial charge on any atom is 0.0263 e. The molecule has 2 heteroatoms. The van der Waals surface area contributed by atoms with Gasteiger partial charge < -0.3 is 0 Å². The largest absolute Gasteiger partial charge is 0.297 e. The Morgan fingerprint density at radius 2 is 1.89 bits per heavy atom. The Balaban J connectivity index is 1.65. The number of rotatable bonds is 2. The monoisotopic (exact) mass is 261 g/mol. The van der Waals surface area contributed by atoms with Crippen LogP contribution in [0.3, 0.4) is 0 Å². The molecule has 0 aliphatic carbocycles. The Labute approximate surface area is 115 Å². The van der Waals surface area contributed by atoms with Crippen LogP contribution in [0, 0.1) is 0 Å². The summed E-state index contributed by atoms with van der Waals surface area (Å²) >= 11 is 2.09. The molecular formula is C16H23NS. The molecule has 2 heterocycles. The molecule has 2 aliphatic heterocycles. The van der Waals surface area contributed by atoms with Crippen molar-refractivity contribution in [3.05, 3.63) is 29.8 Å². The first-order valence-corrected chi connectivity index (χ1v) is 8.12. The van der Waals surface area contributed by atoms with Crippen molar-refractivity contribution in [2.75, 3.05) is 6.54 Å². The third-order valence-electron chi connectivity index (χ3n) is 4.50. The molecule has 1 aromatic carbocycles. The Bertz CT molecular complexity index is 382. The number of nitrogens with zero attached hydrogens (tertiary/aromatic N) is 1. The summed E-state index contributed by atoms with van der Waals surface area (Å²) in [6.45, 7) is 6.08. The molecule has 18 heavy (non-hydrogen) atoms. The van der Waals surface area contributed by atoms with Crippen LogP contribution in [0.1, 0.15) is 38.7 Å². The van der Waals surface area contributed by atoms with Crippen molar-refractivity contribution < 1.29 is 0 Å². The van der Waals surface area contributed by atoms with Crippen molar-refractivity contribution in [2.45, 2.75) is 61.8 Å². The van der Waals surface area contributed by atoms with Crippen LogP contribution in [0.4, 0.5) is 0 Å².